The first-order valence-corrected chi connectivity index (χ1v) is 4.39. The van der Waals surface area contributed by atoms with Gasteiger partial charge in [0.25, 0.3) is 0 Å². The molecule has 0 saturated heterocycles. The Morgan fingerprint density at radius 1 is 1.71 bits per heavy atom. The van der Waals surface area contributed by atoms with E-state index in [4.69, 9.17) is 5.84 Å². The summed E-state index contributed by atoms with van der Waals surface area (Å²) >= 11 is 0. The van der Waals surface area contributed by atoms with E-state index in [9.17, 15) is 4.79 Å². The summed E-state index contributed by atoms with van der Waals surface area (Å²) in [7, 11) is 0. The predicted octanol–water partition coefficient (Wildman–Crippen LogP) is -0.0869. The van der Waals surface area contributed by atoms with Crippen LogP contribution in [0.25, 0.3) is 0 Å². The number of aromatic nitrogens is 1. The van der Waals surface area contributed by atoms with Crippen LogP contribution in [0.2, 0.25) is 0 Å². The molecular weight excluding hydrogens is 180 g/mol. The molecule has 1 heterocycles. The highest BCUT2D eigenvalue weighted by Crippen LogP contribution is 1.92. The van der Waals surface area contributed by atoms with Crippen LogP contribution in [-0.4, -0.2) is 17.4 Å². The van der Waals surface area contributed by atoms with Gasteiger partial charge in [-0.05, 0) is 13.8 Å². The molecular formula is C9H14N4O. The minimum Gasteiger partial charge on any atom is -0.364 e. The molecule has 0 aromatic carbocycles. The van der Waals surface area contributed by atoms with Crippen LogP contribution in [0.4, 0.5) is 0 Å². The molecule has 0 aliphatic carbocycles. The standard InChI is InChI=1S/C9H14N4O/c1-3-11-9(13-10)7-5-12-6(2)4-8(7)14/h4-5H,3,10H2,1-2H3,(H,11,13)(H,12,14). The van der Waals surface area contributed by atoms with Crippen molar-refractivity contribution in [2.75, 3.05) is 6.54 Å². The summed E-state index contributed by atoms with van der Waals surface area (Å²) in [5.74, 6) is 5.68. The first-order valence-electron chi connectivity index (χ1n) is 4.39. The summed E-state index contributed by atoms with van der Waals surface area (Å²) in [6, 6.07) is 1.51. The highest BCUT2D eigenvalue weighted by atomic mass is 16.1. The molecule has 0 atom stereocenters. The SMILES string of the molecule is CCN=C(NN)c1c[nH]c(C)cc1=O. The maximum atomic E-state index is 11.5. The van der Waals surface area contributed by atoms with Crippen molar-refractivity contribution in [3.8, 4) is 0 Å². The number of nitrogens with zero attached hydrogens (tertiary/aromatic N) is 1. The van der Waals surface area contributed by atoms with Gasteiger partial charge in [-0.1, -0.05) is 0 Å². The average Bonchev–Trinajstić information content (AvgIpc) is 2.15. The Hall–Kier alpha value is -1.62. The monoisotopic (exact) mass is 194 g/mol. The molecule has 76 valence electrons. The summed E-state index contributed by atoms with van der Waals surface area (Å²) in [4.78, 5) is 18.5. The zero-order valence-corrected chi connectivity index (χ0v) is 8.29. The van der Waals surface area contributed by atoms with Crippen LogP contribution in [0, 0.1) is 6.92 Å². The Balaban J connectivity index is 3.18. The second kappa shape index (κ2) is 4.57. The van der Waals surface area contributed by atoms with Crippen molar-refractivity contribution in [3.63, 3.8) is 0 Å². The largest absolute Gasteiger partial charge is 0.364 e. The lowest BCUT2D eigenvalue weighted by Crippen LogP contribution is -2.35. The Kier molecular flexibility index (Phi) is 3.41. The minimum atomic E-state index is -0.0913. The third-order valence-corrected chi connectivity index (χ3v) is 1.77. The van der Waals surface area contributed by atoms with Crippen molar-refractivity contribution < 1.29 is 0 Å². The molecule has 14 heavy (non-hydrogen) atoms. The lowest BCUT2D eigenvalue weighted by atomic mass is 10.2. The number of H-pyrrole nitrogens is 1. The fourth-order valence-corrected chi connectivity index (χ4v) is 1.12. The molecule has 0 aliphatic rings. The molecule has 4 N–H and O–H groups in total. The molecule has 5 nitrogen and oxygen atoms in total. The van der Waals surface area contributed by atoms with Crippen molar-refractivity contribution in [1.29, 1.82) is 0 Å². The van der Waals surface area contributed by atoms with Crippen LogP contribution in [-0.2, 0) is 0 Å². The van der Waals surface area contributed by atoms with Crippen LogP contribution in [0.15, 0.2) is 22.1 Å². The number of hydrogen-bond acceptors (Lipinski definition) is 3. The van der Waals surface area contributed by atoms with E-state index >= 15 is 0 Å². The summed E-state index contributed by atoms with van der Waals surface area (Å²) in [6.07, 6.45) is 1.60. The fraction of sp³-hybridized carbons (Fsp3) is 0.333. The van der Waals surface area contributed by atoms with Gasteiger partial charge in [0.1, 0.15) is 5.84 Å². The molecule has 1 rings (SSSR count). The van der Waals surface area contributed by atoms with Crippen molar-refractivity contribution in [2.45, 2.75) is 13.8 Å². The molecule has 0 fully saturated rings. The van der Waals surface area contributed by atoms with Gasteiger partial charge in [0.15, 0.2) is 5.43 Å². The van der Waals surface area contributed by atoms with Crippen molar-refractivity contribution in [1.82, 2.24) is 10.4 Å². The maximum absolute atomic E-state index is 11.5. The summed E-state index contributed by atoms with van der Waals surface area (Å²) < 4.78 is 0. The Morgan fingerprint density at radius 3 is 2.93 bits per heavy atom. The smallest absolute Gasteiger partial charge is 0.192 e. The van der Waals surface area contributed by atoms with Gasteiger partial charge in [-0.2, -0.15) is 0 Å². The molecule has 0 amide bonds. The Bertz CT molecular complexity index is 394. The average molecular weight is 194 g/mol. The topological polar surface area (TPSA) is 83.3 Å². The first-order chi connectivity index (χ1) is 6.69. The van der Waals surface area contributed by atoms with E-state index in [-0.39, 0.29) is 5.43 Å². The van der Waals surface area contributed by atoms with E-state index < -0.39 is 0 Å². The summed E-state index contributed by atoms with van der Waals surface area (Å²) in [6.45, 7) is 4.27. The molecule has 5 heteroatoms. The Labute approximate surface area is 82.0 Å². The van der Waals surface area contributed by atoms with Crippen LogP contribution in [0.1, 0.15) is 18.2 Å². The summed E-state index contributed by atoms with van der Waals surface area (Å²) in [5, 5.41) is 0. The predicted molar refractivity (Wildman–Crippen MR) is 56.2 cm³/mol. The summed E-state index contributed by atoms with van der Waals surface area (Å²) in [5.41, 5.74) is 3.59. The molecule has 0 radical (unpaired) electrons. The van der Waals surface area contributed by atoms with Crippen LogP contribution in [0.3, 0.4) is 0 Å². The maximum Gasteiger partial charge on any atom is 0.192 e. The number of aliphatic imine (C=N–C) groups is 1. The van der Waals surface area contributed by atoms with Crippen molar-refractivity contribution in [3.05, 3.63) is 33.7 Å². The molecule has 1 aromatic heterocycles. The second-order valence-electron chi connectivity index (χ2n) is 2.86. The lowest BCUT2D eigenvalue weighted by Gasteiger charge is -2.04. The van der Waals surface area contributed by atoms with E-state index in [1.165, 1.54) is 6.07 Å². The fourth-order valence-electron chi connectivity index (χ4n) is 1.12. The van der Waals surface area contributed by atoms with Crippen LogP contribution < -0.4 is 16.7 Å². The van der Waals surface area contributed by atoms with E-state index in [0.29, 0.717) is 17.9 Å². The number of aryl methyl sites for hydroxylation is 1. The van der Waals surface area contributed by atoms with E-state index in [1.54, 1.807) is 6.20 Å². The second-order valence-corrected chi connectivity index (χ2v) is 2.86. The Morgan fingerprint density at radius 2 is 2.43 bits per heavy atom. The highest BCUT2D eigenvalue weighted by molar-refractivity contribution is 5.97. The number of pyridine rings is 1. The van der Waals surface area contributed by atoms with Gasteiger partial charge in [-0.3, -0.25) is 9.79 Å². The number of amidine groups is 1. The van der Waals surface area contributed by atoms with Crippen molar-refractivity contribution >= 4 is 5.84 Å². The number of hydrogen-bond donors (Lipinski definition) is 3. The molecule has 0 aliphatic heterocycles. The molecule has 0 spiro atoms. The molecule has 0 saturated carbocycles. The molecule has 1 aromatic rings. The zero-order chi connectivity index (χ0) is 10.6. The van der Waals surface area contributed by atoms with Crippen molar-refractivity contribution in [2.24, 2.45) is 10.8 Å². The number of aromatic amines is 1. The number of nitrogens with two attached hydrogens (primary N) is 1. The lowest BCUT2D eigenvalue weighted by molar-refractivity contribution is 0.985. The van der Waals surface area contributed by atoms with Crippen LogP contribution in [0.5, 0.6) is 0 Å². The van der Waals surface area contributed by atoms with E-state index in [0.717, 1.165) is 5.69 Å². The molecule has 0 bridgehead atoms. The van der Waals surface area contributed by atoms with E-state index in [1.807, 2.05) is 13.8 Å². The number of nitrogens with one attached hydrogen (secondary N) is 2. The molecule has 0 unspecified atom stereocenters. The van der Waals surface area contributed by atoms with Gasteiger partial charge < -0.3 is 10.4 Å². The number of hydrazine groups is 1. The first kappa shape index (κ1) is 10.5. The third-order valence-electron chi connectivity index (χ3n) is 1.77. The highest BCUT2D eigenvalue weighted by Gasteiger charge is 2.05. The van der Waals surface area contributed by atoms with Gasteiger partial charge in [0.05, 0.1) is 5.56 Å². The quantitative estimate of drug-likeness (QED) is 0.266. The zero-order valence-electron chi connectivity index (χ0n) is 8.29. The van der Waals surface area contributed by atoms with Gasteiger partial charge >= 0.3 is 0 Å². The number of rotatable bonds is 2. The van der Waals surface area contributed by atoms with Gasteiger partial charge in [-0.15, -0.1) is 0 Å². The van der Waals surface area contributed by atoms with Crippen LogP contribution >= 0.6 is 0 Å². The third kappa shape index (κ3) is 2.20. The van der Waals surface area contributed by atoms with Gasteiger partial charge in [-0.25, -0.2) is 5.84 Å². The van der Waals surface area contributed by atoms with Gasteiger partial charge in [0.2, 0.25) is 0 Å². The van der Waals surface area contributed by atoms with E-state index in [2.05, 4.69) is 15.4 Å². The van der Waals surface area contributed by atoms with Gasteiger partial charge in [0, 0.05) is 24.5 Å². The normalized spacial score (nSPS) is 11.5. The minimum absolute atomic E-state index is 0.0913.